The molecule has 2 atom stereocenters. The summed E-state index contributed by atoms with van der Waals surface area (Å²) >= 11 is 0. The van der Waals surface area contributed by atoms with Gasteiger partial charge >= 0.3 is 6.03 Å². The summed E-state index contributed by atoms with van der Waals surface area (Å²) in [5, 5.41) is 15.1. The molecule has 5 nitrogen and oxygen atoms in total. The summed E-state index contributed by atoms with van der Waals surface area (Å²) in [6.07, 6.45) is 8.37. The van der Waals surface area contributed by atoms with E-state index in [4.69, 9.17) is 5.11 Å². The molecule has 0 aromatic heterocycles. The van der Waals surface area contributed by atoms with Crippen molar-refractivity contribution in [2.75, 3.05) is 29.9 Å². The van der Waals surface area contributed by atoms with Gasteiger partial charge in [0.05, 0.1) is 11.4 Å². The molecule has 1 aliphatic heterocycles. The number of carbonyl (C=O) groups is 1. The molecule has 3 rings (SSSR count). The second-order valence-electron chi connectivity index (χ2n) is 6.33. The predicted octanol–water partition coefficient (Wildman–Crippen LogP) is 2.74. The van der Waals surface area contributed by atoms with E-state index in [1.165, 1.54) is 19.3 Å². The minimum Gasteiger partial charge on any atom is -0.396 e. The molecule has 23 heavy (non-hydrogen) atoms. The van der Waals surface area contributed by atoms with Crippen molar-refractivity contribution in [2.45, 2.75) is 31.7 Å². The highest BCUT2D eigenvalue weighted by Crippen LogP contribution is 2.28. The summed E-state index contributed by atoms with van der Waals surface area (Å²) in [5.74, 6) is 0.154. The highest BCUT2D eigenvalue weighted by molar-refractivity contribution is 5.93. The average Bonchev–Trinajstić information content (AvgIpc) is 3.03. The van der Waals surface area contributed by atoms with Gasteiger partial charge in [-0.05, 0) is 37.8 Å². The number of anilines is 2. The Kier molecular flexibility index (Phi) is 5.18. The number of benzene rings is 1. The number of hydrogen-bond acceptors (Lipinski definition) is 3. The van der Waals surface area contributed by atoms with Crippen molar-refractivity contribution >= 4 is 17.4 Å². The van der Waals surface area contributed by atoms with Crippen LogP contribution >= 0.6 is 0 Å². The minimum atomic E-state index is -0.192. The second kappa shape index (κ2) is 7.51. The quantitative estimate of drug-likeness (QED) is 0.749. The second-order valence-corrected chi connectivity index (χ2v) is 6.33. The third-order valence-corrected chi connectivity index (χ3v) is 4.57. The number of piperidine rings is 1. The Bertz CT molecular complexity index is 567. The fourth-order valence-electron chi connectivity index (χ4n) is 3.33. The van der Waals surface area contributed by atoms with Gasteiger partial charge < -0.3 is 20.6 Å². The molecule has 2 aliphatic rings. The Morgan fingerprint density at radius 2 is 1.96 bits per heavy atom. The van der Waals surface area contributed by atoms with Crippen molar-refractivity contribution in [1.29, 1.82) is 0 Å². The first-order chi connectivity index (χ1) is 11.3. The highest BCUT2D eigenvalue weighted by atomic mass is 16.3. The molecule has 0 radical (unpaired) electrons. The maximum absolute atomic E-state index is 12.3. The van der Waals surface area contributed by atoms with Gasteiger partial charge in [0.1, 0.15) is 0 Å². The third-order valence-electron chi connectivity index (χ3n) is 4.57. The van der Waals surface area contributed by atoms with Gasteiger partial charge in [-0.25, -0.2) is 4.79 Å². The summed E-state index contributed by atoms with van der Waals surface area (Å²) in [6, 6.07) is 7.78. The Hall–Kier alpha value is -2.01. The van der Waals surface area contributed by atoms with Crippen LogP contribution in [-0.4, -0.2) is 36.9 Å². The maximum Gasteiger partial charge on any atom is 0.319 e. The number of rotatable bonds is 4. The molecule has 0 bridgehead atoms. The van der Waals surface area contributed by atoms with Crippen molar-refractivity contribution < 1.29 is 9.90 Å². The van der Waals surface area contributed by atoms with E-state index in [-0.39, 0.29) is 24.6 Å². The van der Waals surface area contributed by atoms with E-state index in [0.717, 1.165) is 30.9 Å². The number of aliphatic hydroxyl groups is 1. The molecule has 3 N–H and O–H groups in total. The van der Waals surface area contributed by atoms with E-state index in [2.05, 4.69) is 21.6 Å². The molecule has 0 saturated carbocycles. The summed E-state index contributed by atoms with van der Waals surface area (Å²) in [6.45, 7) is 2.22. The Morgan fingerprint density at radius 3 is 2.70 bits per heavy atom. The van der Waals surface area contributed by atoms with Crippen LogP contribution in [-0.2, 0) is 0 Å². The molecule has 1 aliphatic carbocycles. The fraction of sp³-hybridized carbons (Fsp3) is 0.500. The van der Waals surface area contributed by atoms with Crippen LogP contribution in [0.1, 0.15) is 25.7 Å². The Labute approximate surface area is 137 Å². The number of aliphatic hydroxyl groups excluding tert-OH is 1. The lowest BCUT2D eigenvalue weighted by Gasteiger charge is -2.30. The molecule has 0 spiro atoms. The van der Waals surface area contributed by atoms with Gasteiger partial charge in [-0.3, -0.25) is 0 Å². The number of hydrogen-bond donors (Lipinski definition) is 3. The van der Waals surface area contributed by atoms with Crippen LogP contribution in [0.3, 0.4) is 0 Å². The predicted molar refractivity (Wildman–Crippen MR) is 92.8 cm³/mol. The molecule has 5 heteroatoms. The molecule has 1 aromatic carbocycles. The number of carbonyl (C=O) groups excluding carboxylic acids is 1. The normalized spacial score (nSPS) is 23.8. The summed E-state index contributed by atoms with van der Waals surface area (Å²) in [7, 11) is 0. The van der Waals surface area contributed by atoms with Crippen LogP contribution in [0.25, 0.3) is 0 Å². The van der Waals surface area contributed by atoms with Gasteiger partial charge in [0, 0.05) is 31.7 Å². The molecule has 1 aromatic rings. The van der Waals surface area contributed by atoms with E-state index in [0.29, 0.717) is 0 Å². The Morgan fingerprint density at radius 1 is 1.17 bits per heavy atom. The molecule has 2 amide bonds. The highest BCUT2D eigenvalue weighted by Gasteiger charge is 2.20. The zero-order chi connectivity index (χ0) is 16.1. The van der Waals surface area contributed by atoms with Crippen LogP contribution < -0.4 is 15.5 Å². The zero-order valence-electron chi connectivity index (χ0n) is 13.4. The van der Waals surface area contributed by atoms with Gasteiger partial charge in [-0.15, -0.1) is 0 Å². The van der Waals surface area contributed by atoms with E-state index < -0.39 is 0 Å². The molecular weight excluding hydrogens is 290 g/mol. The van der Waals surface area contributed by atoms with Crippen molar-refractivity contribution in [3.05, 3.63) is 36.4 Å². The largest absolute Gasteiger partial charge is 0.396 e. The van der Waals surface area contributed by atoms with E-state index in [1.54, 1.807) is 0 Å². The van der Waals surface area contributed by atoms with E-state index in [9.17, 15) is 4.79 Å². The lowest BCUT2D eigenvalue weighted by molar-refractivity contribution is 0.238. The minimum absolute atomic E-state index is 0.00528. The zero-order valence-corrected chi connectivity index (χ0v) is 13.4. The number of urea groups is 1. The van der Waals surface area contributed by atoms with Crippen molar-refractivity contribution in [1.82, 2.24) is 5.32 Å². The van der Waals surface area contributed by atoms with Crippen LogP contribution in [0, 0.1) is 5.92 Å². The number of nitrogens with one attached hydrogen (secondary N) is 2. The summed E-state index contributed by atoms with van der Waals surface area (Å²) in [4.78, 5) is 14.6. The molecule has 1 fully saturated rings. The topological polar surface area (TPSA) is 64.6 Å². The molecular formula is C18H25N3O2. The lowest BCUT2D eigenvalue weighted by Crippen LogP contribution is -2.37. The van der Waals surface area contributed by atoms with Gasteiger partial charge in [0.25, 0.3) is 0 Å². The monoisotopic (exact) mass is 315 g/mol. The van der Waals surface area contributed by atoms with Crippen molar-refractivity contribution in [3.63, 3.8) is 0 Å². The van der Waals surface area contributed by atoms with Crippen LogP contribution in [0.2, 0.25) is 0 Å². The first kappa shape index (κ1) is 15.9. The third kappa shape index (κ3) is 4.05. The first-order valence-corrected chi connectivity index (χ1v) is 8.47. The van der Waals surface area contributed by atoms with Crippen LogP contribution in [0.4, 0.5) is 16.2 Å². The van der Waals surface area contributed by atoms with E-state index in [1.807, 2.05) is 30.4 Å². The van der Waals surface area contributed by atoms with Crippen LogP contribution in [0.5, 0.6) is 0 Å². The molecule has 124 valence electrons. The van der Waals surface area contributed by atoms with Crippen LogP contribution in [0.15, 0.2) is 36.4 Å². The number of para-hydroxylation sites is 2. The van der Waals surface area contributed by atoms with Crippen molar-refractivity contribution in [3.8, 4) is 0 Å². The summed E-state index contributed by atoms with van der Waals surface area (Å²) in [5.41, 5.74) is 1.95. The number of amides is 2. The number of nitrogens with zero attached hydrogens (tertiary/aromatic N) is 1. The smallest absolute Gasteiger partial charge is 0.319 e. The average molecular weight is 315 g/mol. The first-order valence-electron chi connectivity index (χ1n) is 8.47. The maximum atomic E-state index is 12.3. The molecule has 1 saturated heterocycles. The summed E-state index contributed by atoms with van der Waals surface area (Å²) < 4.78 is 0. The van der Waals surface area contributed by atoms with Gasteiger partial charge in [0.2, 0.25) is 0 Å². The molecule has 0 unspecified atom stereocenters. The van der Waals surface area contributed by atoms with Gasteiger partial charge in [-0.2, -0.15) is 0 Å². The SMILES string of the molecule is O=C(Nc1ccccc1N1CCCCC1)N[C@@H]1C=C[C@H](CO)C1. The fourth-order valence-corrected chi connectivity index (χ4v) is 3.33. The van der Waals surface area contributed by atoms with Gasteiger partial charge in [0.15, 0.2) is 0 Å². The Balaban J connectivity index is 1.61. The van der Waals surface area contributed by atoms with Crippen molar-refractivity contribution in [2.24, 2.45) is 5.92 Å². The van der Waals surface area contributed by atoms with E-state index >= 15 is 0 Å². The molecule has 1 heterocycles. The standard InChI is InChI=1S/C18H25N3O2/c22-13-14-8-9-15(12-14)19-18(23)20-16-6-2-3-7-17(16)21-10-4-1-5-11-21/h2-3,6-9,14-15,22H,1,4-5,10-13H2,(H2,19,20,23)/t14-,15+/m0/s1. The lowest BCUT2D eigenvalue weighted by atomic mass is 10.1. The van der Waals surface area contributed by atoms with Gasteiger partial charge in [-0.1, -0.05) is 24.3 Å².